The molecule has 0 aromatic carbocycles. The van der Waals surface area contributed by atoms with Gasteiger partial charge in [0, 0.05) is 6.61 Å². The summed E-state index contributed by atoms with van der Waals surface area (Å²) in [5, 5.41) is 9.23. The predicted octanol–water partition coefficient (Wildman–Crippen LogP) is 4.40. The molecule has 0 N–H and O–H groups in total. The Hall–Kier alpha value is -0.550. The van der Waals surface area contributed by atoms with E-state index in [9.17, 15) is 5.26 Å². The average molecular weight is 251 g/mol. The molecule has 0 amide bonds. The van der Waals surface area contributed by atoms with Gasteiger partial charge < -0.3 is 4.74 Å². The Balaban J connectivity index is 2.52. The molecular weight excluding hydrogens is 222 g/mol. The van der Waals surface area contributed by atoms with Crippen molar-refractivity contribution in [2.45, 2.75) is 66.4 Å². The summed E-state index contributed by atoms with van der Waals surface area (Å²) in [5.74, 6) is 1.47. The van der Waals surface area contributed by atoms with E-state index in [0.717, 1.165) is 25.9 Å². The van der Waals surface area contributed by atoms with E-state index >= 15 is 0 Å². The molecule has 0 aromatic rings. The lowest BCUT2D eigenvalue weighted by atomic mass is 9.69. The van der Waals surface area contributed by atoms with Gasteiger partial charge in [0.05, 0.1) is 18.1 Å². The van der Waals surface area contributed by atoms with Crippen LogP contribution in [0.15, 0.2) is 0 Å². The van der Waals surface area contributed by atoms with Crippen LogP contribution in [-0.2, 0) is 4.74 Å². The van der Waals surface area contributed by atoms with Crippen molar-refractivity contribution in [1.82, 2.24) is 0 Å². The van der Waals surface area contributed by atoms with Crippen LogP contribution in [0.4, 0.5) is 0 Å². The van der Waals surface area contributed by atoms with Gasteiger partial charge in [-0.1, -0.05) is 34.6 Å². The summed E-state index contributed by atoms with van der Waals surface area (Å²) < 4.78 is 6.00. The number of nitriles is 1. The third-order valence-corrected chi connectivity index (χ3v) is 4.21. The Kier molecular flexibility index (Phi) is 5.66. The molecule has 0 aromatic heterocycles. The molecule has 2 heteroatoms. The monoisotopic (exact) mass is 251 g/mol. The van der Waals surface area contributed by atoms with Crippen LogP contribution in [0.2, 0.25) is 0 Å². The fourth-order valence-electron chi connectivity index (χ4n) is 2.70. The molecule has 1 aliphatic rings. The van der Waals surface area contributed by atoms with Crippen LogP contribution in [0.3, 0.4) is 0 Å². The van der Waals surface area contributed by atoms with Crippen LogP contribution in [0.1, 0.15) is 60.3 Å². The van der Waals surface area contributed by atoms with Crippen molar-refractivity contribution in [3.63, 3.8) is 0 Å². The smallest absolute Gasteiger partial charge is 0.0736 e. The lowest BCUT2D eigenvalue weighted by molar-refractivity contribution is -0.0310. The van der Waals surface area contributed by atoms with E-state index in [-0.39, 0.29) is 12.0 Å². The fourth-order valence-corrected chi connectivity index (χ4v) is 2.70. The highest BCUT2D eigenvalue weighted by molar-refractivity contribution is 4.95. The molecule has 1 fully saturated rings. The van der Waals surface area contributed by atoms with E-state index in [0.29, 0.717) is 17.3 Å². The molecule has 104 valence electrons. The maximum Gasteiger partial charge on any atom is 0.0736 e. The molecular formula is C16H29NO. The zero-order valence-electron chi connectivity index (χ0n) is 12.7. The second kappa shape index (κ2) is 6.57. The van der Waals surface area contributed by atoms with Crippen molar-refractivity contribution >= 4 is 0 Å². The minimum absolute atomic E-state index is 0.107. The largest absolute Gasteiger partial charge is 0.377 e. The van der Waals surface area contributed by atoms with Gasteiger partial charge >= 0.3 is 0 Å². The topological polar surface area (TPSA) is 33.0 Å². The highest BCUT2D eigenvalue weighted by atomic mass is 16.5. The maximum absolute atomic E-state index is 9.23. The van der Waals surface area contributed by atoms with Crippen LogP contribution >= 0.6 is 0 Å². The van der Waals surface area contributed by atoms with E-state index in [1.165, 1.54) is 6.42 Å². The summed E-state index contributed by atoms with van der Waals surface area (Å²) in [6.45, 7) is 12.1. The molecule has 0 saturated heterocycles. The number of nitrogens with zero attached hydrogens (tertiary/aromatic N) is 1. The third kappa shape index (κ3) is 4.61. The Morgan fingerprint density at radius 1 is 1.28 bits per heavy atom. The molecule has 18 heavy (non-hydrogen) atoms. The summed E-state index contributed by atoms with van der Waals surface area (Å²) in [7, 11) is 0. The van der Waals surface area contributed by atoms with Gasteiger partial charge in [0.25, 0.3) is 0 Å². The Morgan fingerprint density at radius 3 is 2.44 bits per heavy atom. The fraction of sp³-hybridized carbons (Fsp3) is 0.938. The number of hydrogen-bond acceptors (Lipinski definition) is 2. The molecule has 0 aliphatic heterocycles. The number of rotatable bonds is 4. The first-order valence-electron chi connectivity index (χ1n) is 7.35. The van der Waals surface area contributed by atoms with Crippen LogP contribution < -0.4 is 0 Å². The van der Waals surface area contributed by atoms with E-state index < -0.39 is 0 Å². The zero-order valence-corrected chi connectivity index (χ0v) is 12.7. The molecule has 0 bridgehead atoms. The quantitative estimate of drug-likeness (QED) is 0.741. The van der Waals surface area contributed by atoms with E-state index in [1.54, 1.807) is 0 Å². The first-order valence-corrected chi connectivity index (χ1v) is 7.35. The lowest BCUT2D eigenvalue weighted by Crippen LogP contribution is -2.36. The van der Waals surface area contributed by atoms with Crippen LogP contribution in [0.5, 0.6) is 0 Å². The van der Waals surface area contributed by atoms with Crippen molar-refractivity contribution in [3.8, 4) is 6.07 Å². The van der Waals surface area contributed by atoms with Crippen molar-refractivity contribution in [1.29, 1.82) is 5.26 Å². The SMILES string of the molecule is CC(C)CCOC1CC(C(C)(C)C)CCC1C#N. The summed E-state index contributed by atoms with van der Waals surface area (Å²) in [4.78, 5) is 0. The van der Waals surface area contributed by atoms with Crippen LogP contribution in [0, 0.1) is 34.5 Å². The average Bonchev–Trinajstić information content (AvgIpc) is 2.27. The van der Waals surface area contributed by atoms with Gasteiger partial charge in [-0.2, -0.15) is 5.26 Å². The Bertz CT molecular complexity index is 284. The Labute approximate surface area is 113 Å². The van der Waals surface area contributed by atoms with Crippen LogP contribution in [0.25, 0.3) is 0 Å². The number of hydrogen-bond donors (Lipinski definition) is 0. The maximum atomic E-state index is 9.23. The lowest BCUT2D eigenvalue weighted by Gasteiger charge is -2.39. The molecule has 1 aliphatic carbocycles. The van der Waals surface area contributed by atoms with Crippen molar-refractivity contribution < 1.29 is 4.74 Å². The first-order chi connectivity index (χ1) is 8.34. The highest BCUT2D eigenvalue weighted by Gasteiger charge is 2.36. The number of ether oxygens (including phenoxy) is 1. The minimum atomic E-state index is 0.107. The molecule has 1 rings (SSSR count). The van der Waals surface area contributed by atoms with Crippen molar-refractivity contribution in [3.05, 3.63) is 0 Å². The van der Waals surface area contributed by atoms with E-state index in [4.69, 9.17) is 4.74 Å². The molecule has 3 atom stereocenters. The molecule has 2 nitrogen and oxygen atoms in total. The minimum Gasteiger partial charge on any atom is -0.377 e. The van der Waals surface area contributed by atoms with Gasteiger partial charge in [0.2, 0.25) is 0 Å². The standard InChI is InChI=1S/C16H29NO/c1-12(2)8-9-18-15-10-14(16(3,4)5)7-6-13(15)11-17/h12-15H,6-10H2,1-5H3. The van der Waals surface area contributed by atoms with Gasteiger partial charge in [-0.25, -0.2) is 0 Å². The highest BCUT2D eigenvalue weighted by Crippen LogP contribution is 2.40. The Morgan fingerprint density at radius 2 is 1.94 bits per heavy atom. The zero-order chi connectivity index (χ0) is 13.8. The van der Waals surface area contributed by atoms with Gasteiger partial charge in [-0.3, -0.25) is 0 Å². The molecule has 0 radical (unpaired) electrons. The summed E-state index contributed by atoms with van der Waals surface area (Å²) in [5.41, 5.74) is 0.333. The summed E-state index contributed by atoms with van der Waals surface area (Å²) >= 11 is 0. The molecule has 0 heterocycles. The van der Waals surface area contributed by atoms with Gasteiger partial charge in [-0.15, -0.1) is 0 Å². The van der Waals surface area contributed by atoms with E-state index in [2.05, 4.69) is 40.7 Å². The van der Waals surface area contributed by atoms with Gasteiger partial charge in [0.15, 0.2) is 0 Å². The normalized spacial score (nSPS) is 29.3. The van der Waals surface area contributed by atoms with E-state index in [1.807, 2.05) is 0 Å². The van der Waals surface area contributed by atoms with Gasteiger partial charge in [-0.05, 0) is 42.9 Å². The molecule has 1 saturated carbocycles. The predicted molar refractivity (Wildman–Crippen MR) is 75.1 cm³/mol. The molecule has 0 spiro atoms. The second-order valence-corrected chi connectivity index (χ2v) is 7.20. The van der Waals surface area contributed by atoms with Crippen molar-refractivity contribution in [2.24, 2.45) is 23.2 Å². The summed E-state index contributed by atoms with van der Waals surface area (Å²) in [6, 6.07) is 2.44. The second-order valence-electron chi connectivity index (χ2n) is 7.20. The van der Waals surface area contributed by atoms with Crippen molar-refractivity contribution in [2.75, 3.05) is 6.61 Å². The summed E-state index contributed by atoms with van der Waals surface area (Å²) in [6.07, 6.45) is 4.48. The molecule has 3 unspecified atom stereocenters. The van der Waals surface area contributed by atoms with Crippen LogP contribution in [-0.4, -0.2) is 12.7 Å². The van der Waals surface area contributed by atoms with Gasteiger partial charge in [0.1, 0.15) is 0 Å². The third-order valence-electron chi connectivity index (χ3n) is 4.21. The first kappa shape index (κ1) is 15.5.